The average molecular weight is 278 g/mol. The highest BCUT2D eigenvalue weighted by Crippen LogP contribution is 2.23. The van der Waals surface area contributed by atoms with Gasteiger partial charge in [-0.2, -0.15) is 0 Å². The molecule has 0 aliphatic heterocycles. The Hall–Kier alpha value is -2.95. The molecule has 0 fully saturated rings. The van der Waals surface area contributed by atoms with Gasteiger partial charge in [0.25, 0.3) is 5.91 Å². The van der Waals surface area contributed by atoms with Gasteiger partial charge in [0.2, 0.25) is 0 Å². The fraction of sp³-hybridized carbons (Fsp3) is 0.0625. The molecule has 5 heteroatoms. The highest BCUT2D eigenvalue weighted by atomic mass is 16.1. The van der Waals surface area contributed by atoms with Crippen LogP contribution in [0.2, 0.25) is 0 Å². The number of hydrogen-bond donors (Lipinski definition) is 2. The van der Waals surface area contributed by atoms with Crippen molar-refractivity contribution in [2.75, 3.05) is 11.1 Å². The van der Waals surface area contributed by atoms with Crippen LogP contribution in [0.4, 0.5) is 11.5 Å². The second-order valence-electron chi connectivity index (χ2n) is 4.69. The molecular formula is C16H14N4O. The minimum Gasteiger partial charge on any atom is -0.383 e. The van der Waals surface area contributed by atoms with E-state index in [-0.39, 0.29) is 5.91 Å². The van der Waals surface area contributed by atoms with Gasteiger partial charge in [0.1, 0.15) is 5.82 Å². The molecule has 0 atom stereocenters. The summed E-state index contributed by atoms with van der Waals surface area (Å²) in [5.74, 6) is 0.189. The monoisotopic (exact) mass is 278 g/mol. The van der Waals surface area contributed by atoms with Crippen molar-refractivity contribution in [3.63, 3.8) is 0 Å². The first-order chi connectivity index (χ1) is 10.2. The van der Waals surface area contributed by atoms with E-state index in [2.05, 4.69) is 15.3 Å². The van der Waals surface area contributed by atoms with E-state index in [9.17, 15) is 4.79 Å². The molecular weight excluding hydrogens is 264 g/mol. The maximum Gasteiger partial charge on any atom is 0.257 e. The Balaban J connectivity index is 2.03. The number of rotatable bonds is 2. The second-order valence-corrected chi connectivity index (χ2v) is 4.69. The molecule has 3 N–H and O–H groups in total. The molecule has 0 spiro atoms. The summed E-state index contributed by atoms with van der Waals surface area (Å²) < 4.78 is 0. The molecule has 21 heavy (non-hydrogen) atoms. The lowest BCUT2D eigenvalue weighted by atomic mass is 10.1. The van der Waals surface area contributed by atoms with Crippen molar-refractivity contribution in [3.8, 4) is 0 Å². The number of aryl methyl sites for hydroxylation is 1. The largest absolute Gasteiger partial charge is 0.383 e. The Kier molecular flexibility index (Phi) is 3.23. The number of nitrogens with one attached hydrogen (secondary N) is 1. The van der Waals surface area contributed by atoms with E-state index < -0.39 is 0 Å². The molecule has 0 aliphatic rings. The van der Waals surface area contributed by atoms with Gasteiger partial charge >= 0.3 is 0 Å². The second kappa shape index (κ2) is 5.20. The van der Waals surface area contributed by atoms with Gasteiger partial charge in [0.05, 0.1) is 16.9 Å². The summed E-state index contributed by atoms with van der Waals surface area (Å²) in [7, 11) is 0. The lowest BCUT2D eigenvalue weighted by Crippen LogP contribution is -2.14. The number of aromatic nitrogens is 2. The van der Waals surface area contributed by atoms with Crippen LogP contribution in [-0.4, -0.2) is 15.9 Å². The topological polar surface area (TPSA) is 80.9 Å². The van der Waals surface area contributed by atoms with Crippen LogP contribution in [-0.2, 0) is 0 Å². The van der Waals surface area contributed by atoms with Gasteiger partial charge in [0, 0.05) is 17.8 Å². The number of nitrogens with two attached hydrogens (primary N) is 1. The number of carbonyl (C=O) groups is 1. The summed E-state index contributed by atoms with van der Waals surface area (Å²) in [5, 5.41) is 4.41. The number of nitrogen functional groups attached to an aromatic ring is 1. The van der Waals surface area contributed by atoms with Crippen LogP contribution in [0.15, 0.2) is 48.8 Å². The number of carbonyl (C=O) groups excluding carboxylic acids is 1. The predicted octanol–water partition coefficient (Wildman–Crippen LogP) is 2.77. The van der Waals surface area contributed by atoms with E-state index >= 15 is 0 Å². The third-order valence-electron chi connectivity index (χ3n) is 3.33. The molecule has 0 saturated carbocycles. The summed E-state index contributed by atoms with van der Waals surface area (Å²) in [4.78, 5) is 20.7. The standard InChI is InChI=1S/C16H14N4O/c1-10-14(7-4-8-18-10)20-16(21)13-9-19-15(17)12-6-3-2-5-11(12)13/h2-9H,1H3,(H2,17,19)(H,20,21). The summed E-state index contributed by atoms with van der Waals surface area (Å²) in [5.41, 5.74) is 7.78. The first kappa shape index (κ1) is 13.1. The lowest BCUT2D eigenvalue weighted by Gasteiger charge is -2.10. The molecule has 0 aliphatic carbocycles. The first-order valence-corrected chi connectivity index (χ1v) is 6.53. The number of amides is 1. The average Bonchev–Trinajstić information content (AvgIpc) is 2.50. The van der Waals surface area contributed by atoms with Crippen LogP contribution in [0, 0.1) is 6.92 Å². The fourth-order valence-corrected chi connectivity index (χ4v) is 2.20. The van der Waals surface area contributed by atoms with Gasteiger partial charge in [0.15, 0.2) is 0 Å². The molecule has 1 aromatic carbocycles. The molecule has 0 bridgehead atoms. The van der Waals surface area contributed by atoms with Crippen LogP contribution in [0.25, 0.3) is 10.8 Å². The van der Waals surface area contributed by atoms with E-state index in [0.717, 1.165) is 16.5 Å². The van der Waals surface area contributed by atoms with E-state index in [4.69, 9.17) is 5.73 Å². The molecule has 2 heterocycles. The summed E-state index contributed by atoms with van der Waals surface area (Å²) in [6.45, 7) is 1.84. The van der Waals surface area contributed by atoms with Crippen molar-refractivity contribution < 1.29 is 4.79 Å². The molecule has 0 radical (unpaired) electrons. The zero-order chi connectivity index (χ0) is 14.8. The third-order valence-corrected chi connectivity index (χ3v) is 3.33. The van der Waals surface area contributed by atoms with Crippen molar-refractivity contribution in [2.45, 2.75) is 6.92 Å². The molecule has 104 valence electrons. The van der Waals surface area contributed by atoms with Crippen LogP contribution in [0.5, 0.6) is 0 Å². The number of hydrogen-bond acceptors (Lipinski definition) is 4. The SMILES string of the molecule is Cc1ncccc1NC(=O)c1cnc(N)c2ccccc12. The van der Waals surface area contributed by atoms with E-state index in [1.165, 1.54) is 6.20 Å². The van der Waals surface area contributed by atoms with Gasteiger partial charge in [-0.05, 0) is 24.4 Å². The number of fused-ring (bicyclic) bond motifs is 1. The van der Waals surface area contributed by atoms with Crippen molar-refractivity contribution in [1.29, 1.82) is 0 Å². The van der Waals surface area contributed by atoms with Crippen molar-refractivity contribution in [1.82, 2.24) is 9.97 Å². The Bertz CT molecular complexity index is 829. The van der Waals surface area contributed by atoms with Crippen LogP contribution in [0.3, 0.4) is 0 Å². The number of anilines is 2. The molecule has 2 aromatic heterocycles. The van der Waals surface area contributed by atoms with Gasteiger partial charge in [-0.1, -0.05) is 24.3 Å². The van der Waals surface area contributed by atoms with Gasteiger partial charge < -0.3 is 11.1 Å². The quantitative estimate of drug-likeness (QED) is 0.755. The zero-order valence-corrected chi connectivity index (χ0v) is 11.5. The molecule has 5 nitrogen and oxygen atoms in total. The van der Waals surface area contributed by atoms with Crippen LogP contribution < -0.4 is 11.1 Å². The zero-order valence-electron chi connectivity index (χ0n) is 11.5. The van der Waals surface area contributed by atoms with E-state index in [0.29, 0.717) is 17.1 Å². The van der Waals surface area contributed by atoms with Gasteiger partial charge in [-0.25, -0.2) is 4.98 Å². The molecule has 3 aromatic rings. The van der Waals surface area contributed by atoms with Crippen LogP contribution in [0.1, 0.15) is 16.1 Å². The molecule has 3 rings (SSSR count). The van der Waals surface area contributed by atoms with Gasteiger partial charge in [-0.3, -0.25) is 9.78 Å². The highest BCUT2D eigenvalue weighted by molar-refractivity contribution is 6.14. The van der Waals surface area contributed by atoms with E-state index in [1.807, 2.05) is 37.3 Å². The number of benzene rings is 1. The fourth-order valence-electron chi connectivity index (χ4n) is 2.20. The molecule has 0 unspecified atom stereocenters. The summed E-state index contributed by atoms with van der Waals surface area (Å²) in [6.07, 6.45) is 3.18. The van der Waals surface area contributed by atoms with Crippen molar-refractivity contribution in [2.24, 2.45) is 0 Å². The predicted molar refractivity (Wildman–Crippen MR) is 83.1 cm³/mol. The maximum absolute atomic E-state index is 12.5. The third kappa shape index (κ3) is 2.41. The minimum absolute atomic E-state index is 0.227. The van der Waals surface area contributed by atoms with Crippen molar-refractivity contribution in [3.05, 3.63) is 60.0 Å². The maximum atomic E-state index is 12.5. The van der Waals surface area contributed by atoms with Gasteiger partial charge in [-0.15, -0.1) is 0 Å². The molecule has 0 saturated heterocycles. The van der Waals surface area contributed by atoms with E-state index in [1.54, 1.807) is 12.3 Å². The number of nitrogens with zero attached hydrogens (tertiary/aromatic N) is 2. The Morgan fingerprint density at radius 2 is 1.86 bits per heavy atom. The Morgan fingerprint density at radius 1 is 1.10 bits per heavy atom. The minimum atomic E-state index is -0.227. The normalized spacial score (nSPS) is 10.5. The van der Waals surface area contributed by atoms with Crippen LogP contribution >= 0.6 is 0 Å². The molecule has 1 amide bonds. The Labute approximate surface area is 121 Å². The number of pyridine rings is 2. The summed E-state index contributed by atoms with van der Waals surface area (Å²) >= 11 is 0. The first-order valence-electron chi connectivity index (χ1n) is 6.53. The Morgan fingerprint density at radius 3 is 2.62 bits per heavy atom. The smallest absolute Gasteiger partial charge is 0.257 e. The van der Waals surface area contributed by atoms with Crippen molar-refractivity contribution >= 4 is 28.2 Å². The summed E-state index contributed by atoms with van der Waals surface area (Å²) in [6, 6.07) is 11.0. The highest BCUT2D eigenvalue weighted by Gasteiger charge is 2.13. The lowest BCUT2D eigenvalue weighted by molar-refractivity contribution is 0.102.